The molecule has 324 valence electrons. The quantitative estimate of drug-likeness (QED) is 0.0236. The summed E-state index contributed by atoms with van der Waals surface area (Å²) in [5, 5.41) is 17.9. The van der Waals surface area contributed by atoms with Gasteiger partial charge in [0, 0.05) is 67.3 Å². The smallest absolute Gasteiger partial charge is 0.273 e. The number of hydrogen-bond donors (Lipinski definition) is 12. The SMILES string of the molecule is C=C.CC=N/C(=C\C(C)C(=O)Nc1cc(Br)cc(NC(=O)CCCCN=C(N)N)c1NCCN)C(=O)Nc1cc(Br)cc(NC(=O)CCCCN=C(N)N)c1NCCN. The zero-order chi connectivity index (χ0) is 44.3. The number of nitrogens with two attached hydrogens (primary N) is 6. The highest BCUT2D eigenvalue weighted by Crippen LogP contribution is 2.37. The van der Waals surface area contributed by atoms with E-state index in [9.17, 15) is 19.2 Å². The van der Waals surface area contributed by atoms with Crippen LogP contribution in [0.1, 0.15) is 52.4 Å². The van der Waals surface area contributed by atoms with Crippen LogP contribution >= 0.6 is 31.9 Å². The van der Waals surface area contributed by atoms with Gasteiger partial charge in [0.15, 0.2) is 11.9 Å². The minimum absolute atomic E-state index is 0.00501. The maximum absolute atomic E-state index is 13.8. The Hall–Kier alpha value is -5.51. The van der Waals surface area contributed by atoms with Gasteiger partial charge in [0.1, 0.15) is 5.70 Å². The zero-order valence-corrected chi connectivity index (χ0v) is 36.8. The summed E-state index contributed by atoms with van der Waals surface area (Å²) in [6.07, 6.45) is 5.64. The van der Waals surface area contributed by atoms with E-state index in [1.54, 1.807) is 38.1 Å². The van der Waals surface area contributed by atoms with Crippen LogP contribution in [0, 0.1) is 5.92 Å². The number of carbonyl (C=O) groups excluding carboxylic acids is 4. The Morgan fingerprint density at radius 2 is 1.10 bits per heavy atom. The first-order chi connectivity index (χ1) is 28.2. The lowest BCUT2D eigenvalue weighted by Gasteiger charge is -2.20. The van der Waals surface area contributed by atoms with Crippen LogP contribution in [0.4, 0.5) is 34.1 Å². The van der Waals surface area contributed by atoms with E-state index in [1.165, 1.54) is 12.3 Å². The van der Waals surface area contributed by atoms with Gasteiger partial charge < -0.3 is 66.3 Å². The first-order valence-electron chi connectivity index (χ1n) is 18.8. The molecule has 4 amide bonds. The topological polar surface area (TPSA) is 334 Å². The highest BCUT2D eigenvalue weighted by Gasteiger charge is 2.21. The van der Waals surface area contributed by atoms with E-state index in [4.69, 9.17) is 34.4 Å². The fourth-order valence-electron chi connectivity index (χ4n) is 5.08. The zero-order valence-electron chi connectivity index (χ0n) is 33.6. The van der Waals surface area contributed by atoms with E-state index in [1.807, 2.05) is 0 Å². The van der Waals surface area contributed by atoms with E-state index in [2.05, 4.69) is 91.9 Å². The molecule has 0 heterocycles. The number of carbonyl (C=O) groups is 4. The Bertz CT molecular complexity index is 1830. The summed E-state index contributed by atoms with van der Waals surface area (Å²) in [6.45, 7) is 11.3. The summed E-state index contributed by atoms with van der Waals surface area (Å²) >= 11 is 6.93. The number of unbranched alkanes of at least 4 members (excludes halogenated alkanes) is 2. The van der Waals surface area contributed by atoms with Crippen LogP contribution in [0.2, 0.25) is 0 Å². The molecule has 0 radical (unpaired) electrons. The van der Waals surface area contributed by atoms with Gasteiger partial charge in [-0.05, 0) is 69.9 Å². The van der Waals surface area contributed by atoms with Crippen LogP contribution in [-0.2, 0) is 19.2 Å². The number of nitrogens with zero attached hydrogens (tertiary/aromatic N) is 3. The Morgan fingerprint density at radius 3 is 1.49 bits per heavy atom. The summed E-state index contributed by atoms with van der Waals surface area (Å²) in [6, 6.07) is 6.76. The summed E-state index contributed by atoms with van der Waals surface area (Å²) in [7, 11) is 0. The van der Waals surface area contributed by atoms with Gasteiger partial charge in [-0.15, -0.1) is 13.2 Å². The second-order valence-electron chi connectivity index (χ2n) is 12.5. The number of hydrogen-bond acceptors (Lipinski definition) is 11. The van der Waals surface area contributed by atoms with Crippen molar-refractivity contribution in [1.29, 1.82) is 0 Å². The lowest BCUT2D eigenvalue weighted by Crippen LogP contribution is -2.24. The number of aliphatic imine (C=N–C) groups is 3. The average molecular weight is 950 g/mol. The van der Waals surface area contributed by atoms with Gasteiger partial charge in [-0.3, -0.25) is 34.2 Å². The fourth-order valence-corrected chi connectivity index (χ4v) is 6.00. The molecule has 1 unspecified atom stereocenters. The van der Waals surface area contributed by atoms with Crippen molar-refractivity contribution in [2.75, 3.05) is 71.2 Å². The van der Waals surface area contributed by atoms with Gasteiger partial charge in [-0.1, -0.05) is 31.9 Å². The third-order valence-electron chi connectivity index (χ3n) is 7.69. The van der Waals surface area contributed by atoms with Crippen molar-refractivity contribution in [2.45, 2.75) is 52.4 Å². The third kappa shape index (κ3) is 20.2. The molecule has 18 N–H and O–H groups in total. The first-order valence-corrected chi connectivity index (χ1v) is 20.4. The van der Waals surface area contributed by atoms with Crippen LogP contribution < -0.4 is 66.3 Å². The number of nitrogens with one attached hydrogen (secondary N) is 6. The highest BCUT2D eigenvalue weighted by molar-refractivity contribution is 9.10. The Morgan fingerprint density at radius 1 is 0.695 bits per heavy atom. The highest BCUT2D eigenvalue weighted by atomic mass is 79.9. The molecule has 0 aliphatic rings. The molecular weight excluding hydrogens is 890 g/mol. The molecule has 2 aromatic rings. The van der Waals surface area contributed by atoms with Crippen LogP contribution in [0.25, 0.3) is 0 Å². The van der Waals surface area contributed by atoms with Crippen molar-refractivity contribution < 1.29 is 19.2 Å². The summed E-state index contributed by atoms with van der Waals surface area (Å²) in [5.41, 5.74) is 35.4. The molecule has 59 heavy (non-hydrogen) atoms. The molecule has 0 aliphatic carbocycles. The van der Waals surface area contributed by atoms with Gasteiger partial charge in [0.25, 0.3) is 5.91 Å². The predicted molar refractivity (Wildman–Crippen MR) is 250 cm³/mol. The number of halogens is 2. The lowest BCUT2D eigenvalue weighted by atomic mass is 10.1. The van der Waals surface area contributed by atoms with E-state index < -0.39 is 17.7 Å². The normalized spacial score (nSPS) is 11.3. The van der Waals surface area contributed by atoms with Crippen LogP contribution in [0.5, 0.6) is 0 Å². The molecule has 0 saturated heterocycles. The largest absolute Gasteiger partial charge is 0.380 e. The molecule has 0 spiro atoms. The molecular formula is C38H59Br2N15O4. The van der Waals surface area contributed by atoms with Crippen molar-refractivity contribution in [3.8, 4) is 0 Å². The molecule has 1 atom stereocenters. The minimum atomic E-state index is -0.863. The van der Waals surface area contributed by atoms with Crippen molar-refractivity contribution >= 4 is 108 Å². The van der Waals surface area contributed by atoms with Gasteiger partial charge in [0.05, 0.1) is 40.0 Å². The monoisotopic (exact) mass is 947 g/mol. The number of guanidine groups is 2. The van der Waals surface area contributed by atoms with Gasteiger partial charge >= 0.3 is 0 Å². The molecule has 2 rings (SSSR count). The van der Waals surface area contributed by atoms with Crippen LogP contribution in [-0.4, -0.2) is 81.0 Å². The standard InChI is InChI=1S/C36H55Br2N15O4.C2H4/c1-3-45-28(34(57)53-27-20-23(38)18-25(32(27)47-15-11-40)51-30(55)9-5-7-13-49-36(43)44)16-21(2)33(56)52-26-19-22(37)17-24(31(26)46-14-10-39)50-29(54)8-4-6-12-48-35(41)42;1-2/h3,16-21,46-47H,4-15,39-40H2,1-2H3,(H,50,54)(H,51,55)(H,52,56)(H,53,57)(H4,41,42,48)(H4,43,44,49);1-2H2/b28-16-,45-3?;. The van der Waals surface area contributed by atoms with Crippen molar-refractivity contribution in [3.63, 3.8) is 0 Å². The third-order valence-corrected chi connectivity index (χ3v) is 8.60. The van der Waals surface area contributed by atoms with Gasteiger partial charge in [-0.25, -0.2) is 0 Å². The summed E-state index contributed by atoms with van der Waals surface area (Å²) in [4.78, 5) is 65.2. The molecule has 0 fully saturated rings. The second kappa shape index (κ2) is 28.8. The van der Waals surface area contributed by atoms with Gasteiger partial charge in [-0.2, -0.15) is 0 Å². The Kier molecular flexibility index (Phi) is 25.2. The average Bonchev–Trinajstić information content (AvgIpc) is 3.17. The lowest BCUT2D eigenvalue weighted by molar-refractivity contribution is -0.118. The van der Waals surface area contributed by atoms with E-state index in [-0.39, 0.29) is 55.4 Å². The summed E-state index contributed by atoms with van der Waals surface area (Å²) in [5.74, 6) is -2.45. The predicted octanol–water partition coefficient (Wildman–Crippen LogP) is 3.71. The summed E-state index contributed by atoms with van der Waals surface area (Å²) < 4.78 is 1.16. The molecule has 0 bridgehead atoms. The Balaban J connectivity index is 0.00000856. The fraction of sp³-hybridized carbons (Fsp3) is 0.395. The first kappa shape index (κ1) is 51.5. The molecule has 0 aliphatic heterocycles. The van der Waals surface area contributed by atoms with Crippen LogP contribution in [0.3, 0.4) is 0 Å². The minimum Gasteiger partial charge on any atom is -0.380 e. The molecule has 21 heteroatoms. The van der Waals surface area contributed by atoms with Crippen molar-refractivity contribution in [2.24, 2.45) is 55.3 Å². The number of rotatable bonds is 24. The van der Waals surface area contributed by atoms with Gasteiger partial charge in [0.2, 0.25) is 17.7 Å². The number of anilines is 6. The molecule has 2 aromatic carbocycles. The van der Waals surface area contributed by atoms with Crippen LogP contribution in [0.15, 0.2) is 73.1 Å². The second-order valence-corrected chi connectivity index (χ2v) is 14.3. The molecule has 0 saturated carbocycles. The molecule has 0 aromatic heterocycles. The molecule has 19 nitrogen and oxygen atoms in total. The van der Waals surface area contributed by atoms with E-state index >= 15 is 0 Å². The van der Waals surface area contributed by atoms with E-state index in [0.717, 1.165) is 0 Å². The Labute approximate surface area is 362 Å². The van der Waals surface area contributed by atoms with Crippen molar-refractivity contribution in [1.82, 2.24) is 0 Å². The number of amides is 4. The maximum atomic E-state index is 13.8. The van der Waals surface area contributed by atoms with E-state index in [0.29, 0.717) is 94.9 Å². The maximum Gasteiger partial charge on any atom is 0.273 e. The van der Waals surface area contributed by atoms with Crippen molar-refractivity contribution in [3.05, 3.63) is 58.1 Å². The number of benzene rings is 2.